The third-order valence-corrected chi connectivity index (χ3v) is 3.85. The Morgan fingerprint density at radius 3 is 2.62 bits per heavy atom. The fourth-order valence-electron chi connectivity index (χ4n) is 2.67. The van der Waals surface area contributed by atoms with E-state index in [-0.39, 0.29) is 5.91 Å². The van der Waals surface area contributed by atoms with Crippen molar-refractivity contribution >= 4 is 17.7 Å². The summed E-state index contributed by atoms with van der Waals surface area (Å²) in [5.41, 5.74) is 4.35. The monoisotopic (exact) mass is 354 g/mol. The van der Waals surface area contributed by atoms with Crippen molar-refractivity contribution in [1.82, 2.24) is 4.98 Å². The molecule has 5 heteroatoms. The number of nitrogens with one attached hydrogen (secondary N) is 1. The van der Waals surface area contributed by atoms with Gasteiger partial charge in [0.1, 0.15) is 0 Å². The molecule has 0 aliphatic carbocycles. The zero-order valence-corrected chi connectivity index (χ0v) is 16.1. The summed E-state index contributed by atoms with van der Waals surface area (Å²) in [5, 5.41) is 2.90. The smallest absolute Gasteiger partial charge is 0.248 e. The van der Waals surface area contributed by atoms with Gasteiger partial charge in [0.15, 0.2) is 11.5 Å². The molecule has 1 aromatic heterocycles. The van der Waals surface area contributed by atoms with E-state index in [0.717, 1.165) is 34.6 Å². The Hall–Kier alpha value is -2.82. The van der Waals surface area contributed by atoms with Gasteiger partial charge >= 0.3 is 0 Å². The van der Waals surface area contributed by atoms with E-state index in [1.807, 2.05) is 45.0 Å². The van der Waals surface area contributed by atoms with Crippen molar-refractivity contribution in [3.63, 3.8) is 0 Å². The Labute approximate surface area is 155 Å². The van der Waals surface area contributed by atoms with Crippen LogP contribution in [0.1, 0.15) is 35.9 Å². The number of hydrogen-bond acceptors (Lipinski definition) is 4. The largest absolute Gasteiger partial charge is 0.493 e. The first-order valence-electron chi connectivity index (χ1n) is 8.69. The van der Waals surface area contributed by atoms with Crippen LogP contribution in [0, 0.1) is 20.8 Å². The molecule has 5 nitrogen and oxygen atoms in total. The second kappa shape index (κ2) is 9.04. The second-order valence-corrected chi connectivity index (χ2v) is 6.12. The van der Waals surface area contributed by atoms with E-state index in [2.05, 4.69) is 17.2 Å². The Morgan fingerprint density at radius 1 is 1.19 bits per heavy atom. The minimum Gasteiger partial charge on any atom is -0.493 e. The highest BCUT2D eigenvalue weighted by atomic mass is 16.5. The number of amides is 1. The van der Waals surface area contributed by atoms with Crippen LogP contribution in [0.25, 0.3) is 6.08 Å². The average molecular weight is 354 g/mol. The Kier molecular flexibility index (Phi) is 6.78. The van der Waals surface area contributed by atoms with Crippen LogP contribution in [0.4, 0.5) is 5.69 Å². The van der Waals surface area contributed by atoms with Crippen LogP contribution in [0.2, 0.25) is 0 Å². The van der Waals surface area contributed by atoms with Crippen molar-refractivity contribution in [2.45, 2.75) is 34.1 Å². The van der Waals surface area contributed by atoms with E-state index in [1.165, 1.54) is 6.08 Å². The van der Waals surface area contributed by atoms with Crippen LogP contribution >= 0.6 is 0 Å². The summed E-state index contributed by atoms with van der Waals surface area (Å²) in [7, 11) is 1.60. The SMILES string of the molecule is CCCOc1ccc(/C=C/C(=O)Nc2c(C)cc(C)nc2C)cc1OC. The molecule has 0 saturated carbocycles. The summed E-state index contributed by atoms with van der Waals surface area (Å²) in [4.78, 5) is 16.6. The number of nitrogens with zero attached hydrogens (tertiary/aromatic N) is 1. The molecule has 0 radical (unpaired) electrons. The number of rotatable bonds is 7. The summed E-state index contributed by atoms with van der Waals surface area (Å²) >= 11 is 0. The lowest BCUT2D eigenvalue weighted by Gasteiger charge is -2.11. The summed E-state index contributed by atoms with van der Waals surface area (Å²) in [6, 6.07) is 7.54. The van der Waals surface area contributed by atoms with Crippen molar-refractivity contribution in [2.75, 3.05) is 19.0 Å². The molecule has 0 bridgehead atoms. The number of hydrogen-bond donors (Lipinski definition) is 1. The van der Waals surface area contributed by atoms with Gasteiger partial charge in [0.2, 0.25) is 5.91 Å². The molecule has 0 fully saturated rings. The number of pyridine rings is 1. The van der Waals surface area contributed by atoms with Crippen LogP contribution in [-0.4, -0.2) is 24.6 Å². The van der Waals surface area contributed by atoms with Crippen molar-refractivity contribution in [1.29, 1.82) is 0 Å². The van der Waals surface area contributed by atoms with E-state index in [0.29, 0.717) is 18.1 Å². The Morgan fingerprint density at radius 2 is 1.96 bits per heavy atom. The molecule has 2 rings (SSSR count). The van der Waals surface area contributed by atoms with Crippen LogP contribution < -0.4 is 14.8 Å². The quantitative estimate of drug-likeness (QED) is 0.746. The van der Waals surface area contributed by atoms with Gasteiger partial charge in [-0.1, -0.05) is 13.0 Å². The summed E-state index contributed by atoms with van der Waals surface area (Å²) in [6.45, 7) is 8.47. The molecule has 1 N–H and O–H groups in total. The number of benzene rings is 1. The first-order valence-corrected chi connectivity index (χ1v) is 8.69. The second-order valence-electron chi connectivity index (χ2n) is 6.12. The first kappa shape index (κ1) is 19.5. The van der Waals surface area contributed by atoms with Crippen LogP contribution in [-0.2, 0) is 4.79 Å². The third kappa shape index (κ3) is 5.09. The van der Waals surface area contributed by atoms with Crippen LogP contribution in [0.15, 0.2) is 30.3 Å². The van der Waals surface area contributed by atoms with Crippen molar-refractivity contribution < 1.29 is 14.3 Å². The van der Waals surface area contributed by atoms with Gasteiger partial charge < -0.3 is 14.8 Å². The van der Waals surface area contributed by atoms with E-state index in [4.69, 9.17) is 9.47 Å². The van der Waals surface area contributed by atoms with E-state index in [1.54, 1.807) is 13.2 Å². The van der Waals surface area contributed by atoms with Gasteiger partial charge in [0.25, 0.3) is 0 Å². The highest BCUT2D eigenvalue weighted by Crippen LogP contribution is 2.28. The van der Waals surface area contributed by atoms with Crippen molar-refractivity contribution in [3.05, 3.63) is 52.9 Å². The average Bonchev–Trinajstić information content (AvgIpc) is 2.61. The maximum absolute atomic E-state index is 12.3. The number of anilines is 1. The highest BCUT2D eigenvalue weighted by Gasteiger charge is 2.08. The third-order valence-electron chi connectivity index (χ3n) is 3.85. The summed E-state index contributed by atoms with van der Waals surface area (Å²) < 4.78 is 11.0. The molecule has 0 unspecified atom stereocenters. The number of aromatic nitrogens is 1. The topological polar surface area (TPSA) is 60.5 Å². The lowest BCUT2D eigenvalue weighted by molar-refractivity contribution is -0.111. The number of carbonyl (C=O) groups is 1. The molecule has 0 spiro atoms. The van der Waals surface area contributed by atoms with E-state index < -0.39 is 0 Å². The fraction of sp³-hybridized carbons (Fsp3) is 0.333. The molecule has 26 heavy (non-hydrogen) atoms. The zero-order chi connectivity index (χ0) is 19.1. The van der Waals surface area contributed by atoms with Gasteiger partial charge in [-0.05, 0) is 62.6 Å². The number of methoxy groups -OCH3 is 1. The van der Waals surface area contributed by atoms with Gasteiger partial charge in [-0.25, -0.2) is 0 Å². The maximum Gasteiger partial charge on any atom is 0.248 e. The zero-order valence-electron chi connectivity index (χ0n) is 16.1. The molecule has 0 aliphatic rings. The molecule has 2 aromatic rings. The molecule has 1 amide bonds. The molecular weight excluding hydrogens is 328 g/mol. The normalized spacial score (nSPS) is 10.8. The van der Waals surface area contributed by atoms with Crippen LogP contribution in [0.5, 0.6) is 11.5 Å². The van der Waals surface area contributed by atoms with Crippen molar-refractivity contribution in [2.24, 2.45) is 0 Å². The molecular formula is C21H26N2O3. The summed E-state index contributed by atoms with van der Waals surface area (Å²) in [5.74, 6) is 1.15. The molecule has 1 aromatic carbocycles. The fourth-order valence-corrected chi connectivity index (χ4v) is 2.67. The standard InChI is InChI=1S/C21H26N2O3/c1-6-11-26-18-9-7-17(13-19(18)25-5)8-10-20(24)23-21-14(2)12-15(3)22-16(21)4/h7-10,12-13H,6,11H2,1-5H3,(H,23,24)/b10-8+. The predicted molar refractivity (Wildman–Crippen MR) is 105 cm³/mol. The molecule has 0 aliphatic heterocycles. The van der Waals surface area contributed by atoms with E-state index >= 15 is 0 Å². The van der Waals surface area contributed by atoms with Gasteiger partial charge in [-0.15, -0.1) is 0 Å². The number of aryl methyl sites for hydroxylation is 3. The Balaban J connectivity index is 2.10. The van der Waals surface area contributed by atoms with Crippen LogP contribution in [0.3, 0.4) is 0 Å². The maximum atomic E-state index is 12.3. The minimum atomic E-state index is -0.202. The van der Waals surface area contributed by atoms with E-state index in [9.17, 15) is 4.79 Å². The minimum absolute atomic E-state index is 0.202. The summed E-state index contributed by atoms with van der Waals surface area (Å²) in [6.07, 6.45) is 4.17. The number of ether oxygens (including phenoxy) is 2. The molecule has 0 atom stereocenters. The van der Waals surface area contributed by atoms with Gasteiger partial charge in [0.05, 0.1) is 25.1 Å². The predicted octanol–water partition coefficient (Wildman–Crippen LogP) is 4.46. The molecule has 138 valence electrons. The lowest BCUT2D eigenvalue weighted by atomic mass is 10.1. The first-order chi connectivity index (χ1) is 12.4. The van der Waals surface area contributed by atoms with Gasteiger partial charge in [0, 0.05) is 11.8 Å². The lowest BCUT2D eigenvalue weighted by Crippen LogP contribution is -2.11. The Bertz CT molecular complexity index is 790. The van der Waals surface area contributed by atoms with Crippen molar-refractivity contribution in [3.8, 4) is 11.5 Å². The molecule has 0 saturated heterocycles. The number of carbonyl (C=O) groups excluding carboxylic acids is 1. The molecule has 1 heterocycles. The van der Waals surface area contributed by atoms with Gasteiger partial charge in [-0.2, -0.15) is 0 Å². The van der Waals surface area contributed by atoms with Gasteiger partial charge in [-0.3, -0.25) is 9.78 Å². The highest BCUT2D eigenvalue weighted by molar-refractivity contribution is 6.02.